The summed E-state index contributed by atoms with van der Waals surface area (Å²) in [4.78, 5) is 0. The van der Waals surface area contributed by atoms with Crippen molar-refractivity contribution in [1.82, 2.24) is 0 Å². The van der Waals surface area contributed by atoms with Crippen molar-refractivity contribution in [3.63, 3.8) is 0 Å². The lowest BCUT2D eigenvalue weighted by molar-refractivity contribution is 0.177. The van der Waals surface area contributed by atoms with Gasteiger partial charge in [0.15, 0.2) is 0 Å². The summed E-state index contributed by atoms with van der Waals surface area (Å²) in [5, 5.41) is 0. The van der Waals surface area contributed by atoms with Crippen molar-refractivity contribution in [2.45, 2.75) is 149 Å². The topological polar surface area (TPSA) is 0 Å². The van der Waals surface area contributed by atoms with E-state index in [2.05, 4.69) is 45.0 Å². The molecule has 0 aliphatic heterocycles. The lowest BCUT2D eigenvalue weighted by Gasteiger charge is -2.38. The fourth-order valence-corrected chi connectivity index (χ4v) is 6.68. The minimum absolute atomic E-state index is 0.623. The molecule has 2 aliphatic carbocycles. The number of hydrogen-bond acceptors (Lipinski definition) is 0. The van der Waals surface area contributed by atoms with Crippen LogP contribution in [0.1, 0.15) is 153 Å². The molecule has 0 radical (unpaired) electrons. The van der Waals surface area contributed by atoms with E-state index < -0.39 is 0 Å². The van der Waals surface area contributed by atoms with Gasteiger partial charge in [-0.3, -0.25) is 0 Å². The van der Waals surface area contributed by atoms with E-state index >= 15 is 0 Å². The summed E-state index contributed by atoms with van der Waals surface area (Å²) in [7, 11) is 0. The first-order valence-electron chi connectivity index (χ1n) is 14.7. The van der Waals surface area contributed by atoms with Crippen LogP contribution in [0.4, 0.5) is 0 Å². The molecule has 0 heteroatoms. The predicted molar refractivity (Wildman–Crippen MR) is 142 cm³/mol. The number of aryl methyl sites for hydroxylation is 1. The summed E-state index contributed by atoms with van der Waals surface area (Å²) in [5.74, 6) is 2.85. The highest BCUT2D eigenvalue weighted by Gasteiger charge is 2.31. The molecule has 0 saturated heterocycles. The Labute approximate surface area is 201 Å². The van der Waals surface area contributed by atoms with Gasteiger partial charge < -0.3 is 0 Å². The molecule has 0 N–H and O–H groups in total. The molecule has 2 aliphatic rings. The first-order chi connectivity index (χ1) is 15.6. The molecule has 0 spiro atoms. The van der Waals surface area contributed by atoms with Crippen LogP contribution >= 0.6 is 0 Å². The second-order valence-corrected chi connectivity index (χ2v) is 12.1. The average Bonchev–Trinajstić information content (AvgIpc) is 2.83. The van der Waals surface area contributed by atoms with Gasteiger partial charge in [0.1, 0.15) is 0 Å². The maximum atomic E-state index is 2.57. The smallest absolute Gasteiger partial charge is 0.0162 e. The predicted octanol–water partition coefficient (Wildman–Crippen LogP) is 10.6. The molecule has 1 aromatic rings. The fraction of sp³-hybridized carbons (Fsp3) is 0.812. The highest BCUT2D eigenvalue weighted by Crippen LogP contribution is 2.45. The van der Waals surface area contributed by atoms with Crippen LogP contribution in [0.3, 0.4) is 0 Å². The van der Waals surface area contributed by atoms with Gasteiger partial charge in [0.25, 0.3) is 0 Å². The van der Waals surface area contributed by atoms with E-state index in [1.165, 1.54) is 122 Å². The van der Waals surface area contributed by atoms with Gasteiger partial charge in [0, 0.05) is 0 Å². The van der Waals surface area contributed by atoms with Crippen LogP contribution in [-0.2, 0) is 6.42 Å². The monoisotopic (exact) mass is 438 g/mol. The zero-order valence-corrected chi connectivity index (χ0v) is 22.0. The molecule has 32 heavy (non-hydrogen) atoms. The quantitative estimate of drug-likeness (QED) is 0.269. The molecular weight excluding hydrogens is 384 g/mol. The molecule has 2 fully saturated rings. The molecule has 1 aromatic carbocycles. The van der Waals surface area contributed by atoms with Gasteiger partial charge in [-0.05, 0) is 79.2 Å². The minimum Gasteiger partial charge on any atom is -0.0654 e. The molecule has 0 heterocycles. The Morgan fingerprint density at radius 2 is 1.28 bits per heavy atom. The van der Waals surface area contributed by atoms with E-state index in [-0.39, 0.29) is 0 Å². The largest absolute Gasteiger partial charge is 0.0654 e. The van der Waals surface area contributed by atoms with E-state index in [4.69, 9.17) is 0 Å². The lowest BCUT2D eigenvalue weighted by Crippen LogP contribution is -2.23. The van der Waals surface area contributed by atoms with E-state index in [0.29, 0.717) is 5.41 Å². The van der Waals surface area contributed by atoms with E-state index in [1.807, 2.05) is 0 Å². The Kier molecular flexibility index (Phi) is 11.2. The van der Waals surface area contributed by atoms with Crippen molar-refractivity contribution in [2.24, 2.45) is 17.3 Å². The summed E-state index contributed by atoms with van der Waals surface area (Å²) in [6.07, 6.45) is 27.3. The van der Waals surface area contributed by atoms with Gasteiger partial charge in [-0.1, -0.05) is 122 Å². The Hall–Kier alpha value is -0.780. The third-order valence-corrected chi connectivity index (χ3v) is 9.30. The zero-order valence-electron chi connectivity index (χ0n) is 22.0. The van der Waals surface area contributed by atoms with Crippen LogP contribution in [0, 0.1) is 17.3 Å². The van der Waals surface area contributed by atoms with Crippen molar-refractivity contribution in [3.05, 3.63) is 35.4 Å². The Morgan fingerprint density at radius 3 is 1.91 bits per heavy atom. The average molecular weight is 439 g/mol. The van der Waals surface area contributed by atoms with E-state index in [1.54, 1.807) is 11.1 Å². The van der Waals surface area contributed by atoms with Gasteiger partial charge in [-0.25, -0.2) is 0 Å². The van der Waals surface area contributed by atoms with Crippen molar-refractivity contribution >= 4 is 0 Å². The van der Waals surface area contributed by atoms with Crippen molar-refractivity contribution in [3.8, 4) is 0 Å². The number of benzene rings is 1. The van der Waals surface area contributed by atoms with Gasteiger partial charge in [-0.2, -0.15) is 0 Å². The highest BCUT2D eigenvalue weighted by atomic mass is 14.4. The van der Waals surface area contributed by atoms with Crippen LogP contribution in [-0.4, -0.2) is 0 Å². The summed E-state index contributed by atoms with van der Waals surface area (Å²) in [6.45, 7) is 7.22. The maximum absolute atomic E-state index is 2.57. The van der Waals surface area contributed by atoms with Crippen LogP contribution in [0.5, 0.6) is 0 Å². The Balaban J connectivity index is 1.34. The van der Waals surface area contributed by atoms with Crippen LogP contribution in [0.2, 0.25) is 0 Å². The lowest BCUT2D eigenvalue weighted by atomic mass is 9.68. The molecule has 2 saturated carbocycles. The SMILES string of the molecule is CCCCCCCC1(C)CCC(c2ccc(CC[C@H]3CC[C@H](CCCC)CC3)cc2)CC1. The number of rotatable bonds is 13. The van der Waals surface area contributed by atoms with Crippen LogP contribution in [0.15, 0.2) is 24.3 Å². The molecule has 0 atom stereocenters. The standard InChI is InChI=1S/C32H54/c1-4-6-8-9-10-24-32(3)25-22-31(23-26-32)30-20-18-29(19-21-30)17-16-28-14-12-27(13-15-28)11-7-5-2/h18-21,27-28,31H,4-17,22-26H2,1-3H3/t27-,28-,31?,32?. The zero-order chi connectivity index (χ0) is 22.7. The fourth-order valence-electron chi connectivity index (χ4n) is 6.68. The molecule has 0 aromatic heterocycles. The van der Waals surface area contributed by atoms with E-state index in [9.17, 15) is 0 Å². The van der Waals surface area contributed by atoms with Crippen molar-refractivity contribution in [2.75, 3.05) is 0 Å². The second kappa shape index (κ2) is 13.8. The van der Waals surface area contributed by atoms with Gasteiger partial charge in [0.2, 0.25) is 0 Å². The van der Waals surface area contributed by atoms with Gasteiger partial charge in [0.05, 0.1) is 0 Å². The summed E-state index contributed by atoms with van der Waals surface area (Å²) in [5.41, 5.74) is 3.82. The Morgan fingerprint density at radius 1 is 0.688 bits per heavy atom. The maximum Gasteiger partial charge on any atom is -0.0162 e. The summed E-state index contributed by atoms with van der Waals surface area (Å²) < 4.78 is 0. The highest BCUT2D eigenvalue weighted by molar-refractivity contribution is 5.26. The molecule has 182 valence electrons. The number of hydrogen-bond donors (Lipinski definition) is 0. The third-order valence-electron chi connectivity index (χ3n) is 9.30. The summed E-state index contributed by atoms with van der Waals surface area (Å²) in [6, 6.07) is 9.89. The van der Waals surface area contributed by atoms with Crippen molar-refractivity contribution < 1.29 is 0 Å². The van der Waals surface area contributed by atoms with Crippen molar-refractivity contribution in [1.29, 1.82) is 0 Å². The first kappa shape index (κ1) is 25.8. The second-order valence-electron chi connectivity index (χ2n) is 12.1. The number of unbranched alkanes of at least 4 members (excludes halogenated alkanes) is 5. The molecule has 0 bridgehead atoms. The van der Waals surface area contributed by atoms with Crippen LogP contribution < -0.4 is 0 Å². The molecule has 0 nitrogen and oxygen atoms in total. The molecule has 0 amide bonds. The minimum atomic E-state index is 0.623. The first-order valence-corrected chi connectivity index (χ1v) is 14.7. The normalized spacial score (nSPS) is 28.7. The van der Waals surface area contributed by atoms with E-state index in [0.717, 1.165) is 17.8 Å². The molecular formula is C32H54. The van der Waals surface area contributed by atoms with Gasteiger partial charge >= 0.3 is 0 Å². The Bertz CT molecular complexity index is 595. The molecule has 0 unspecified atom stereocenters. The third kappa shape index (κ3) is 8.53. The summed E-state index contributed by atoms with van der Waals surface area (Å²) >= 11 is 0. The van der Waals surface area contributed by atoms with Crippen LogP contribution in [0.25, 0.3) is 0 Å². The van der Waals surface area contributed by atoms with Gasteiger partial charge in [-0.15, -0.1) is 0 Å². The molecule has 3 rings (SSSR count).